The molecule has 5 aromatic carbocycles. The van der Waals surface area contributed by atoms with Gasteiger partial charge in [0.2, 0.25) is 5.43 Å². The number of aryl methyl sites for hydroxylation is 3. The number of hydrogen-bond acceptors (Lipinski definition) is 5. The van der Waals surface area contributed by atoms with Gasteiger partial charge in [0.05, 0.1) is 23.2 Å². The van der Waals surface area contributed by atoms with Gasteiger partial charge in [0, 0.05) is 32.9 Å². The number of rotatable bonds is 5. The predicted octanol–water partition coefficient (Wildman–Crippen LogP) is 7.31. The fourth-order valence-corrected chi connectivity index (χ4v) is 9.62. The van der Waals surface area contributed by atoms with Crippen LogP contribution in [0.15, 0.2) is 125 Å². The largest absolute Gasteiger partial charge is 0.287 e. The van der Waals surface area contributed by atoms with Crippen molar-refractivity contribution >= 4 is 51.2 Å². The Labute approximate surface area is 259 Å². The molecule has 0 saturated heterocycles. The Morgan fingerprint density at radius 3 is 1.69 bits per heavy atom. The van der Waals surface area contributed by atoms with Gasteiger partial charge in [0.15, 0.2) is 0 Å². The van der Waals surface area contributed by atoms with Crippen LogP contribution >= 0.6 is 7.05 Å². The summed E-state index contributed by atoms with van der Waals surface area (Å²) in [6, 6.07) is 36.1. The highest BCUT2D eigenvalue weighted by Crippen LogP contribution is 2.52. The molecule has 0 N–H and O–H groups in total. The van der Waals surface area contributed by atoms with Gasteiger partial charge < -0.3 is 0 Å². The van der Waals surface area contributed by atoms with Crippen molar-refractivity contribution in [2.45, 2.75) is 20.8 Å². The van der Waals surface area contributed by atoms with Gasteiger partial charge in [-0.2, -0.15) is 0 Å². The van der Waals surface area contributed by atoms with Crippen molar-refractivity contribution in [2.75, 3.05) is 0 Å². The summed E-state index contributed by atoms with van der Waals surface area (Å²) >= 11 is 0. The van der Waals surface area contributed by atoms with Gasteiger partial charge in [-0.15, -0.1) is 0 Å². The lowest BCUT2D eigenvalue weighted by molar-refractivity contribution is -0.385. The first-order chi connectivity index (χ1) is 21.7. The van der Waals surface area contributed by atoms with Crippen molar-refractivity contribution in [2.24, 2.45) is 4.74 Å². The van der Waals surface area contributed by atoms with E-state index < -0.39 is 17.9 Å². The van der Waals surface area contributed by atoms with Crippen LogP contribution in [0.5, 0.6) is 0 Å². The molecular weight excluding hydrogens is 581 g/mol. The summed E-state index contributed by atoms with van der Waals surface area (Å²) in [5, 5.41) is 15.2. The molecule has 2 heterocycles. The van der Waals surface area contributed by atoms with E-state index in [2.05, 4.69) is 36.4 Å². The Morgan fingerprint density at radius 1 is 0.667 bits per heavy atom. The number of para-hydroxylation sites is 1. The smallest absolute Gasteiger partial charge is 0.282 e. The maximum atomic E-state index is 14.6. The minimum absolute atomic E-state index is 0.0420. The number of aromatic nitrogens is 1. The van der Waals surface area contributed by atoms with Gasteiger partial charge in [-0.1, -0.05) is 114 Å². The molecule has 0 aliphatic carbocycles. The minimum atomic E-state index is -2.97. The number of fused-ring (bicyclic) bond motifs is 5. The average molecular weight is 610 g/mol. The Bertz CT molecular complexity index is 2190. The zero-order chi connectivity index (χ0) is 31.5. The molecule has 220 valence electrons. The topological polar surface area (TPSA) is 94.6 Å². The van der Waals surface area contributed by atoms with Crippen LogP contribution in [0.25, 0.3) is 22.2 Å². The first-order valence-corrected chi connectivity index (χ1v) is 16.3. The molecule has 0 fully saturated rings. The van der Waals surface area contributed by atoms with Crippen LogP contribution in [0.3, 0.4) is 0 Å². The van der Waals surface area contributed by atoms with Crippen molar-refractivity contribution in [1.29, 1.82) is 0 Å². The number of pyridine rings is 1. The molecular formula is C37H28N3O4P. The molecule has 0 unspecified atom stereocenters. The van der Waals surface area contributed by atoms with Crippen molar-refractivity contribution in [3.05, 3.63) is 158 Å². The van der Waals surface area contributed by atoms with Crippen LogP contribution in [0, 0.1) is 30.9 Å². The van der Waals surface area contributed by atoms with Crippen LogP contribution in [0.4, 0.5) is 11.4 Å². The number of nitro benzene ring substituents is 1. The monoisotopic (exact) mass is 609 g/mol. The first-order valence-electron chi connectivity index (χ1n) is 14.5. The van der Waals surface area contributed by atoms with Crippen LogP contribution in [-0.4, -0.2) is 15.4 Å². The number of nitro groups is 1. The molecule has 8 heteroatoms. The summed E-state index contributed by atoms with van der Waals surface area (Å²) in [4.78, 5) is 40.3. The van der Waals surface area contributed by atoms with Crippen molar-refractivity contribution in [3.63, 3.8) is 0 Å². The second-order valence-electron chi connectivity index (χ2n) is 11.4. The van der Waals surface area contributed by atoms with Gasteiger partial charge in [0.25, 0.3) is 11.6 Å². The third-order valence-electron chi connectivity index (χ3n) is 8.44. The second-order valence-corrected chi connectivity index (χ2v) is 14.4. The summed E-state index contributed by atoms with van der Waals surface area (Å²) in [7, 11) is -2.97. The highest BCUT2D eigenvalue weighted by atomic mass is 31.2. The Balaban J connectivity index is 1.73. The number of nitrogens with zero attached hydrogens (tertiary/aromatic N) is 3. The normalized spacial score (nSPS) is 12.2. The minimum Gasteiger partial charge on any atom is -0.287 e. The molecule has 0 radical (unpaired) electrons. The lowest BCUT2D eigenvalue weighted by atomic mass is 10.0. The maximum Gasteiger partial charge on any atom is 0.282 e. The highest BCUT2D eigenvalue weighted by Gasteiger charge is 2.38. The van der Waals surface area contributed by atoms with Gasteiger partial charge in [0.1, 0.15) is 11.3 Å². The molecule has 6 aromatic rings. The Hall–Kier alpha value is -5.39. The standard InChI is InChI=1S/C37H28N3O4P/c1-23-11-17-26(18-12-23)45(27-19-13-24(2)14-20-27,28-21-15-25(3)16-22-28)38-34-35-30-8-6-10-32(40(43)44)33(30)37(42)39(35)31-9-5-4-7-29(31)36(34)41/h4-22H,1-3H3. The third kappa shape index (κ3) is 4.39. The SMILES string of the molecule is Cc1ccc(P(=Nc2c3n(c4ccccc4c2=O)C(=O)c2c-3cccc2[N+](=O)[O-])(c2ccc(C)cc2)c2ccc(C)cc2)cc1. The molecule has 0 spiro atoms. The highest BCUT2D eigenvalue weighted by molar-refractivity contribution is 7.87. The van der Waals surface area contributed by atoms with Gasteiger partial charge >= 0.3 is 0 Å². The number of carbonyl (C=O) groups is 1. The van der Waals surface area contributed by atoms with Crippen LogP contribution in [0.2, 0.25) is 0 Å². The number of hydrogen-bond donors (Lipinski definition) is 0. The third-order valence-corrected chi connectivity index (χ3v) is 12.1. The summed E-state index contributed by atoms with van der Waals surface area (Å²) < 4.78 is 7.01. The Kier molecular flexibility index (Phi) is 6.72. The van der Waals surface area contributed by atoms with Crippen LogP contribution in [0.1, 0.15) is 27.0 Å². The zero-order valence-electron chi connectivity index (χ0n) is 24.9. The van der Waals surface area contributed by atoms with Gasteiger partial charge in [-0.3, -0.25) is 24.3 Å². The fourth-order valence-electron chi connectivity index (χ4n) is 6.15. The summed E-state index contributed by atoms with van der Waals surface area (Å²) in [5.41, 5.74) is 3.67. The summed E-state index contributed by atoms with van der Waals surface area (Å²) in [6.45, 7) is 6.07. The van der Waals surface area contributed by atoms with Crippen molar-refractivity contribution in [1.82, 2.24) is 4.57 Å². The molecule has 1 aliphatic rings. The maximum absolute atomic E-state index is 14.6. The molecule has 45 heavy (non-hydrogen) atoms. The van der Waals surface area contributed by atoms with E-state index in [1.165, 1.54) is 10.6 Å². The molecule has 1 aromatic heterocycles. The molecule has 7 nitrogen and oxygen atoms in total. The molecule has 1 aliphatic heterocycles. The van der Waals surface area contributed by atoms with Gasteiger partial charge in [-0.25, -0.2) is 4.74 Å². The Morgan fingerprint density at radius 2 is 1.18 bits per heavy atom. The fraction of sp³-hybridized carbons (Fsp3) is 0.0811. The molecule has 0 bridgehead atoms. The van der Waals surface area contributed by atoms with E-state index >= 15 is 0 Å². The number of benzene rings is 5. The van der Waals surface area contributed by atoms with E-state index in [0.717, 1.165) is 32.6 Å². The van der Waals surface area contributed by atoms with E-state index in [4.69, 9.17) is 4.74 Å². The molecule has 7 rings (SSSR count). The summed E-state index contributed by atoms with van der Waals surface area (Å²) in [6.07, 6.45) is 0. The average Bonchev–Trinajstić information content (AvgIpc) is 3.35. The van der Waals surface area contributed by atoms with E-state index in [0.29, 0.717) is 16.5 Å². The van der Waals surface area contributed by atoms with Gasteiger partial charge in [-0.05, 0) is 32.9 Å². The van der Waals surface area contributed by atoms with Crippen molar-refractivity contribution < 1.29 is 9.72 Å². The second kappa shape index (κ2) is 10.7. The first kappa shape index (κ1) is 28.4. The quantitative estimate of drug-likeness (QED) is 0.116. The van der Waals surface area contributed by atoms with Crippen molar-refractivity contribution in [3.8, 4) is 11.3 Å². The molecule has 0 atom stereocenters. The zero-order valence-corrected chi connectivity index (χ0v) is 25.8. The van der Waals surface area contributed by atoms with E-state index in [1.807, 2.05) is 57.2 Å². The molecule has 0 amide bonds. The number of carbonyl (C=O) groups excluding carboxylic acids is 1. The predicted molar refractivity (Wildman–Crippen MR) is 181 cm³/mol. The van der Waals surface area contributed by atoms with Crippen LogP contribution in [-0.2, 0) is 0 Å². The van der Waals surface area contributed by atoms with E-state index in [9.17, 15) is 19.7 Å². The van der Waals surface area contributed by atoms with E-state index in [1.54, 1.807) is 36.4 Å². The lowest BCUT2D eigenvalue weighted by Crippen LogP contribution is -2.26. The molecule has 0 saturated carbocycles. The van der Waals surface area contributed by atoms with E-state index in [-0.39, 0.29) is 28.1 Å². The summed E-state index contributed by atoms with van der Waals surface area (Å²) in [5.74, 6) is -0.551. The lowest BCUT2D eigenvalue weighted by Gasteiger charge is -2.28. The van der Waals surface area contributed by atoms with Crippen LogP contribution < -0.4 is 21.3 Å².